The molecule has 0 saturated carbocycles. The van der Waals surface area contributed by atoms with Gasteiger partial charge in [-0.2, -0.15) is 5.10 Å². The summed E-state index contributed by atoms with van der Waals surface area (Å²) in [7, 11) is 0. The molecular weight excluding hydrogens is 348 g/mol. The number of rotatable bonds is 10. The summed E-state index contributed by atoms with van der Waals surface area (Å²) >= 11 is 0. The van der Waals surface area contributed by atoms with Crippen molar-refractivity contribution in [1.29, 1.82) is 0 Å². The van der Waals surface area contributed by atoms with Crippen LogP contribution in [0.3, 0.4) is 0 Å². The van der Waals surface area contributed by atoms with Crippen molar-refractivity contribution in [3.8, 4) is 0 Å². The summed E-state index contributed by atoms with van der Waals surface area (Å²) in [4.78, 5) is 14.8. The SMILES string of the molecule is CCN(CC)Cc1ccc(CNC(=O)Cc2c(C)nn(CC(C)C)c2C)cc1. The number of amides is 1. The van der Waals surface area contributed by atoms with E-state index in [2.05, 4.69) is 74.2 Å². The topological polar surface area (TPSA) is 50.2 Å². The van der Waals surface area contributed by atoms with Crippen molar-refractivity contribution in [2.75, 3.05) is 13.1 Å². The van der Waals surface area contributed by atoms with Gasteiger partial charge in [0.1, 0.15) is 0 Å². The third kappa shape index (κ3) is 6.20. The minimum atomic E-state index is 0.0440. The van der Waals surface area contributed by atoms with Gasteiger partial charge in [-0.1, -0.05) is 52.0 Å². The van der Waals surface area contributed by atoms with Crippen LogP contribution in [-0.4, -0.2) is 33.7 Å². The summed E-state index contributed by atoms with van der Waals surface area (Å²) in [5, 5.41) is 7.65. The van der Waals surface area contributed by atoms with Crippen LogP contribution in [0.4, 0.5) is 0 Å². The number of benzene rings is 1. The third-order valence-electron chi connectivity index (χ3n) is 5.22. The van der Waals surface area contributed by atoms with E-state index in [9.17, 15) is 4.79 Å². The van der Waals surface area contributed by atoms with Gasteiger partial charge in [0, 0.05) is 30.9 Å². The van der Waals surface area contributed by atoms with Crippen molar-refractivity contribution in [3.05, 3.63) is 52.3 Å². The molecule has 0 saturated heterocycles. The fourth-order valence-corrected chi connectivity index (χ4v) is 3.41. The Morgan fingerprint density at radius 2 is 1.71 bits per heavy atom. The predicted molar refractivity (Wildman–Crippen MR) is 115 cm³/mol. The first-order valence-electron chi connectivity index (χ1n) is 10.4. The lowest BCUT2D eigenvalue weighted by Crippen LogP contribution is -2.25. The van der Waals surface area contributed by atoms with Crippen LogP contribution in [0.1, 0.15) is 55.8 Å². The molecule has 1 N–H and O–H groups in total. The molecule has 1 amide bonds. The molecule has 5 heteroatoms. The van der Waals surface area contributed by atoms with Crippen LogP contribution in [-0.2, 0) is 30.8 Å². The van der Waals surface area contributed by atoms with E-state index in [1.807, 2.05) is 11.6 Å². The smallest absolute Gasteiger partial charge is 0.224 e. The van der Waals surface area contributed by atoms with Gasteiger partial charge in [-0.05, 0) is 44.0 Å². The molecule has 0 fully saturated rings. The highest BCUT2D eigenvalue weighted by atomic mass is 16.1. The van der Waals surface area contributed by atoms with Gasteiger partial charge in [0.25, 0.3) is 0 Å². The van der Waals surface area contributed by atoms with Crippen molar-refractivity contribution in [2.45, 2.75) is 67.6 Å². The van der Waals surface area contributed by atoms with E-state index in [4.69, 9.17) is 0 Å². The molecule has 1 aromatic heterocycles. The van der Waals surface area contributed by atoms with Gasteiger partial charge in [0.2, 0.25) is 5.91 Å². The van der Waals surface area contributed by atoms with Crippen molar-refractivity contribution in [3.63, 3.8) is 0 Å². The molecule has 154 valence electrons. The highest BCUT2D eigenvalue weighted by Crippen LogP contribution is 2.15. The molecule has 0 unspecified atom stereocenters. The zero-order valence-electron chi connectivity index (χ0n) is 18.4. The second kappa shape index (κ2) is 10.4. The van der Waals surface area contributed by atoms with Gasteiger partial charge in [0.05, 0.1) is 12.1 Å². The molecule has 2 rings (SSSR count). The maximum absolute atomic E-state index is 12.5. The second-order valence-corrected chi connectivity index (χ2v) is 7.96. The van der Waals surface area contributed by atoms with E-state index in [1.54, 1.807) is 0 Å². The first-order chi connectivity index (χ1) is 13.3. The van der Waals surface area contributed by atoms with E-state index < -0.39 is 0 Å². The second-order valence-electron chi connectivity index (χ2n) is 7.96. The molecule has 5 nitrogen and oxygen atoms in total. The number of hydrogen-bond donors (Lipinski definition) is 1. The van der Waals surface area contributed by atoms with Crippen molar-refractivity contribution < 1.29 is 4.79 Å². The Labute approximate surface area is 170 Å². The number of nitrogens with one attached hydrogen (secondary N) is 1. The summed E-state index contributed by atoms with van der Waals surface area (Å²) in [6, 6.07) is 8.53. The molecule has 1 aromatic carbocycles. The fraction of sp³-hybridized carbons (Fsp3) is 0.565. The number of carbonyl (C=O) groups excluding carboxylic acids is 1. The number of hydrogen-bond acceptors (Lipinski definition) is 3. The minimum Gasteiger partial charge on any atom is -0.352 e. The van der Waals surface area contributed by atoms with E-state index in [0.29, 0.717) is 18.9 Å². The van der Waals surface area contributed by atoms with Gasteiger partial charge in [-0.25, -0.2) is 0 Å². The molecule has 0 aliphatic carbocycles. The largest absolute Gasteiger partial charge is 0.352 e. The molecule has 0 aliphatic heterocycles. The average Bonchev–Trinajstić information content (AvgIpc) is 2.92. The lowest BCUT2D eigenvalue weighted by atomic mass is 10.1. The maximum atomic E-state index is 12.5. The van der Waals surface area contributed by atoms with E-state index in [-0.39, 0.29) is 5.91 Å². The Bertz CT molecular complexity index is 758. The molecule has 0 aliphatic rings. The van der Waals surface area contributed by atoms with Crippen LogP contribution in [0.15, 0.2) is 24.3 Å². The summed E-state index contributed by atoms with van der Waals surface area (Å²) < 4.78 is 2.03. The van der Waals surface area contributed by atoms with E-state index in [1.165, 1.54) is 5.56 Å². The Morgan fingerprint density at radius 1 is 1.11 bits per heavy atom. The van der Waals surface area contributed by atoms with Crippen LogP contribution in [0.25, 0.3) is 0 Å². The van der Waals surface area contributed by atoms with Gasteiger partial charge in [-0.3, -0.25) is 14.4 Å². The highest BCUT2D eigenvalue weighted by molar-refractivity contribution is 5.79. The molecular formula is C23H36N4O. The molecule has 0 atom stereocenters. The Balaban J connectivity index is 1.90. The van der Waals surface area contributed by atoms with Crippen molar-refractivity contribution in [2.24, 2.45) is 5.92 Å². The predicted octanol–water partition coefficient (Wildman–Crippen LogP) is 3.86. The maximum Gasteiger partial charge on any atom is 0.224 e. The Hall–Kier alpha value is -2.14. The zero-order valence-corrected chi connectivity index (χ0v) is 18.4. The van der Waals surface area contributed by atoms with Crippen molar-refractivity contribution >= 4 is 5.91 Å². The fourth-order valence-electron chi connectivity index (χ4n) is 3.41. The molecule has 0 bridgehead atoms. The number of aromatic nitrogens is 2. The number of carbonyl (C=O) groups is 1. The third-order valence-corrected chi connectivity index (χ3v) is 5.22. The van der Waals surface area contributed by atoms with Gasteiger partial charge in [0.15, 0.2) is 0 Å². The summed E-state index contributed by atoms with van der Waals surface area (Å²) in [6.45, 7) is 17.3. The lowest BCUT2D eigenvalue weighted by molar-refractivity contribution is -0.120. The summed E-state index contributed by atoms with van der Waals surface area (Å²) in [6.07, 6.45) is 0.385. The molecule has 0 spiro atoms. The highest BCUT2D eigenvalue weighted by Gasteiger charge is 2.15. The average molecular weight is 385 g/mol. The quantitative estimate of drug-likeness (QED) is 0.677. The van der Waals surface area contributed by atoms with E-state index in [0.717, 1.165) is 48.7 Å². The van der Waals surface area contributed by atoms with Crippen LogP contribution in [0, 0.1) is 19.8 Å². The molecule has 1 heterocycles. The number of aryl methyl sites for hydroxylation is 1. The lowest BCUT2D eigenvalue weighted by Gasteiger charge is -2.18. The first kappa shape index (κ1) is 22.2. The minimum absolute atomic E-state index is 0.0440. The number of nitrogens with zero attached hydrogens (tertiary/aromatic N) is 3. The standard InChI is InChI=1S/C23H36N4O/c1-7-26(8-2)16-21-11-9-20(10-12-21)14-24-23(28)13-22-18(5)25-27(19(22)6)15-17(3)4/h9-12,17H,7-8,13-16H2,1-6H3,(H,24,28). The summed E-state index contributed by atoms with van der Waals surface area (Å²) in [5.74, 6) is 0.576. The zero-order chi connectivity index (χ0) is 20.7. The van der Waals surface area contributed by atoms with Gasteiger partial charge >= 0.3 is 0 Å². The summed E-state index contributed by atoms with van der Waals surface area (Å²) in [5.41, 5.74) is 5.53. The Morgan fingerprint density at radius 3 is 2.29 bits per heavy atom. The first-order valence-corrected chi connectivity index (χ1v) is 10.4. The van der Waals surface area contributed by atoms with Crippen LogP contribution in [0.5, 0.6) is 0 Å². The monoisotopic (exact) mass is 384 g/mol. The van der Waals surface area contributed by atoms with Gasteiger partial charge < -0.3 is 5.32 Å². The molecule has 0 radical (unpaired) electrons. The Kier molecular flexibility index (Phi) is 8.24. The molecule has 2 aromatic rings. The van der Waals surface area contributed by atoms with Crippen LogP contribution < -0.4 is 5.32 Å². The van der Waals surface area contributed by atoms with Crippen LogP contribution >= 0.6 is 0 Å². The van der Waals surface area contributed by atoms with Crippen LogP contribution in [0.2, 0.25) is 0 Å². The van der Waals surface area contributed by atoms with E-state index >= 15 is 0 Å². The van der Waals surface area contributed by atoms with Gasteiger partial charge in [-0.15, -0.1) is 0 Å². The van der Waals surface area contributed by atoms with Crippen molar-refractivity contribution in [1.82, 2.24) is 20.0 Å². The normalized spacial score (nSPS) is 11.4. The molecule has 28 heavy (non-hydrogen) atoms.